The molecule has 0 aliphatic rings. The second-order valence-corrected chi connectivity index (χ2v) is 5.28. The monoisotopic (exact) mass is 300 g/mol. The highest BCUT2D eigenvalue weighted by Crippen LogP contribution is 2.23. The molecule has 20 heavy (non-hydrogen) atoms. The number of aromatic nitrogens is 3. The molecule has 7 nitrogen and oxygen atoms in total. The first-order valence-corrected chi connectivity index (χ1v) is 7.44. The van der Waals surface area contributed by atoms with Crippen molar-refractivity contribution in [2.24, 2.45) is 0 Å². The maximum atomic E-state index is 12.3. The maximum Gasteiger partial charge on any atom is 0.313 e. The fourth-order valence-electron chi connectivity index (χ4n) is 1.75. The van der Waals surface area contributed by atoms with Crippen LogP contribution in [0.2, 0.25) is 0 Å². The first kappa shape index (κ1) is 16.5. The number of carbonyl (C=O) groups excluding carboxylic acids is 1. The molecule has 1 amide bonds. The van der Waals surface area contributed by atoms with Crippen LogP contribution in [0.15, 0.2) is 5.16 Å². The van der Waals surface area contributed by atoms with Crippen molar-refractivity contribution < 1.29 is 14.7 Å². The molecule has 0 radical (unpaired) electrons. The number of carboxylic acid groups (broad SMARTS) is 1. The summed E-state index contributed by atoms with van der Waals surface area (Å²) >= 11 is 1.08. The van der Waals surface area contributed by atoms with Crippen molar-refractivity contribution in [2.45, 2.75) is 38.4 Å². The number of aliphatic carboxylic acids is 1. The van der Waals surface area contributed by atoms with E-state index in [1.165, 1.54) is 0 Å². The lowest BCUT2D eigenvalue weighted by molar-refractivity contribution is -0.134. The van der Waals surface area contributed by atoms with E-state index in [9.17, 15) is 9.59 Å². The van der Waals surface area contributed by atoms with E-state index in [4.69, 9.17) is 5.11 Å². The van der Waals surface area contributed by atoms with Crippen molar-refractivity contribution in [1.82, 2.24) is 19.7 Å². The number of carbonyl (C=O) groups is 2. The molecule has 0 aliphatic carbocycles. The first-order chi connectivity index (χ1) is 9.42. The molecule has 0 saturated heterocycles. The van der Waals surface area contributed by atoms with Gasteiger partial charge in [-0.15, -0.1) is 10.2 Å². The van der Waals surface area contributed by atoms with Gasteiger partial charge in [-0.2, -0.15) is 0 Å². The van der Waals surface area contributed by atoms with Gasteiger partial charge >= 0.3 is 5.97 Å². The quantitative estimate of drug-likeness (QED) is 0.757. The molecule has 1 N–H and O–H groups in total. The highest BCUT2D eigenvalue weighted by atomic mass is 32.2. The predicted molar refractivity (Wildman–Crippen MR) is 75.8 cm³/mol. The van der Waals surface area contributed by atoms with Gasteiger partial charge in [0.25, 0.3) is 0 Å². The van der Waals surface area contributed by atoms with E-state index in [1.54, 1.807) is 23.4 Å². The molecule has 0 spiro atoms. The number of thioether (sulfide) groups is 1. The number of amides is 1. The van der Waals surface area contributed by atoms with Crippen molar-refractivity contribution in [1.29, 1.82) is 0 Å². The molecule has 1 aromatic heterocycles. The smallest absolute Gasteiger partial charge is 0.313 e. The van der Waals surface area contributed by atoms with E-state index in [-0.39, 0.29) is 11.7 Å². The Morgan fingerprint density at radius 2 is 2.05 bits per heavy atom. The zero-order valence-corrected chi connectivity index (χ0v) is 13.0. The Labute approximate surface area is 122 Å². The van der Waals surface area contributed by atoms with Crippen LogP contribution in [-0.2, 0) is 16.0 Å². The summed E-state index contributed by atoms with van der Waals surface area (Å²) in [6.45, 7) is 6.22. The van der Waals surface area contributed by atoms with Gasteiger partial charge in [-0.25, -0.2) is 0 Å². The number of hydrogen-bond acceptors (Lipinski definition) is 5. The van der Waals surface area contributed by atoms with Crippen LogP contribution in [0.3, 0.4) is 0 Å². The van der Waals surface area contributed by atoms with E-state index in [0.29, 0.717) is 23.9 Å². The summed E-state index contributed by atoms with van der Waals surface area (Å²) in [5, 5.41) is 17.2. The highest BCUT2D eigenvalue weighted by molar-refractivity contribution is 7.99. The fourth-order valence-corrected chi connectivity index (χ4v) is 2.50. The zero-order chi connectivity index (χ0) is 15.3. The van der Waals surface area contributed by atoms with Gasteiger partial charge in [-0.05, 0) is 13.8 Å². The molecule has 0 bridgehead atoms. The summed E-state index contributed by atoms with van der Waals surface area (Å²) in [5.41, 5.74) is 0. The minimum atomic E-state index is -0.924. The summed E-state index contributed by atoms with van der Waals surface area (Å²) in [7, 11) is 1.73. The van der Waals surface area contributed by atoms with Crippen LogP contribution in [0.1, 0.15) is 32.6 Å². The number of carboxylic acids is 1. The van der Waals surface area contributed by atoms with Crippen LogP contribution in [0, 0.1) is 0 Å². The van der Waals surface area contributed by atoms with Crippen molar-refractivity contribution in [3.8, 4) is 0 Å². The normalized spacial score (nSPS) is 12.2. The van der Waals surface area contributed by atoms with Crippen molar-refractivity contribution in [3.05, 3.63) is 5.82 Å². The third-order valence-electron chi connectivity index (χ3n) is 2.97. The van der Waals surface area contributed by atoms with E-state index in [0.717, 1.165) is 11.8 Å². The Kier molecular flexibility index (Phi) is 6.00. The van der Waals surface area contributed by atoms with Gasteiger partial charge < -0.3 is 10.0 Å². The van der Waals surface area contributed by atoms with Gasteiger partial charge in [0.1, 0.15) is 11.9 Å². The summed E-state index contributed by atoms with van der Waals surface area (Å²) in [6, 6.07) is -0.443. The second-order valence-electron chi connectivity index (χ2n) is 4.33. The van der Waals surface area contributed by atoms with Gasteiger partial charge in [0.15, 0.2) is 5.16 Å². The third-order valence-corrected chi connectivity index (χ3v) is 3.90. The van der Waals surface area contributed by atoms with Crippen LogP contribution in [0.5, 0.6) is 0 Å². The molecule has 0 aromatic carbocycles. The van der Waals surface area contributed by atoms with Crippen LogP contribution in [0.4, 0.5) is 0 Å². The number of rotatable bonds is 7. The number of aryl methyl sites for hydroxylation is 1. The number of likely N-dealkylation sites (N-methyl/N-ethyl adjacent to an activating group) is 1. The van der Waals surface area contributed by atoms with E-state index < -0.39 is 12.0 Å². The van der Waals surface area contributed by atoms with E-state index >= 15 is 0 Å². The fraction of sp³-hybridized carbons (Fsp3) is 0.667. The highest BCUT2D eigenvalue weighted by Gasteiger charge is 2.24. The lowest BCUT2D eigenvalue weighted by Crippen LogP contribution is -2.33. The zero-order valence-electron chi connectivity index (χ0n) is 12.2. The molecule has 8 heteroatoms. The molecule has 1 unspecified atom stereocenters. The average Bonchev–Trinajstić information content (AvgIpc) is 2.85. The third kappa shape index (κ3) is 3.72. The van der Waals surface area contributed by atoms with Crippen LogP contribution in [0.25, 0.3) is 0 Å². The van der Waals surface area contributed by atoms with Gasteiger partial charge in [-0.1, -0.05) is 18.7 Å². The Hall–Kier alpha value is -1.57. The van der Waals surface area contributed by atoms with Gasteiger partial charge in [0.05, 0.1) is 5.75 Å². The SMILES string of the molecule is CCc1nnc(SCC(=O)O)n1C(C)C(=O)N(C)CC. The van der Waals surface area contributed by atoms with E-state index in [1.807, 2.05) is 13.8 Å². The largest absolute Gasteiger partial charge is 0.481 e. The number of nitrogens with zero attached hydrogens (tertiary/aromatic N) is 4. The Morgan fingerprint density at radius 1 is 1.40 bits per heavy atom. The van der Waals surface area contributed by atoms with Gasteiger partial charge in [0, 0.05) is 20.0 Å². The lowest BCUT2D eigenvalue weighted by atomic mass is 10.2. The average molecular weight is 300 g/mol. The Morgan fingerprint density at radius 3 is 2.55 bits per heavy atom. The molecule has 1 heterocycles. The standard InChI is InChI=1S/C12H20N4O3S/c1-5-9-13-14-12(20-7-10(17)18)16(9)8(3)11(19)15(4)6-2/h8H,5-7H2,1-4H3,(H,17,18). The molecule has 0 saturated carbocycles. The molecule has 1 aromatic rings. The molecule has 0 fully saturated rings. The molecular weight excluding hydrogens is 280 g/mol. The first-order valence-electron chi connectivity index (χ1n) is 6.45. The van der Waals surface area contributed by atoms with Crippen LogP contribution >= 0.6 is 11.8 Å². The van der Waals surface area contributed by atoms with Crippen molar-refractivity contribution >= 4 is 23.6 Å². The molecule has 1 rings (SSSR count). The topological polar surface area (TPSA) is 88.3 Å². The maximum absolute atomic E-state index is 12.3. The van der Waals surface area contributed by atoms with E-state index in [2.05, 4.69) is 10.2 Å². The summed E-state index contributed by atoms with van der Waals surface area (Å²) < 4.78 is 1.72. The van der Waals surface area contributed by atoms with Gasteiger partial charge in [0.2, 0.25) is 5.91 Å². The van der Waals surface area contributed by atoms with Crippen molar-refractivity contribution in [3.63, 3.8) is 0 Å². The number of hydrogen-bond donors (Lipinski definition) is 1. The molecule has 1 atom stereocenters. The molecule has 0 aliphatic heterocycles. The van der Waals surface area contributed by atoms with Gasteiger partial charge in [-0.3, -0.25) is 14.2 Å². The van der Waals surface area contributed by atoms with Crippen molar-refractivity contribution in [2.75, 3.05) is 19.3 Å². The minimum absolute atomic E-state index is 0.0424. The lowest BCUT2D eigenvalue weighted by Gasteiger charge is -2.22. The second kappa shape index (κ2) is 7.28. The van der Waals surface area contributed by atoms with Crippen LogP contribution in [-0.4, -0.2) is 56.0 Å². The predicted octanol–water partition coefficient (Wildman–Crippen LogP) is 1.06. The summed E-state index contributed by atoms with van der Waals surface area (Å²) in [6.07, 6.45) is 0.633. The Balaban J connectivity index is 3.03. The molecule has 112 valence electrons. The van der Waals surface area contributed by atoms with Crippen LogP contribution < -0.4 is 0 Å². The summed E-state index contributed by atoms with van der Waals surface area (Å²) in [5.74, 6) is -0.387. The summed E-state index contributed by atoms with van der Waals surface area (Å²) in [4.78, 5) is 24.5. The molecular formula is C12H20N4O3S. The Bertz CT molecular complexity index is 489. The minimum Gasteiger partial charge on any atom is -0.481 e.